The first-order valence-corrected chi connectivity index (χ1v) is 5.78. The Labute approximate surface area is 102 Å². The topological polar surface area (TPSA) is 76.7 Å². The molecule has 1 atom stereocenters. The van der Waals surface area contributed by atoms with Crippen molar-refractivity contribution in [3.63, 3.8) is 0 Å². The molecule has 2 heterocycles. The fraction of sp³-hybridized carbons (Fsp3) is 0.300. The van der Waals surface area contributed by atoms with Gasteiger partial charge in [-0.25, -0.2) is 0 Å². The second kappa shape index (κ2) is 5.15. The number of rotatable bonds is 5. The van der Waals surface area contributed by atoms with Gasteiger partial charge in [-0.15, -0.1) is 10.2 Å². The average Bonchev–Trinajstić information content (AvgIpc) is 2.72. The number of carboxylic acid groups (broad SMARTS) is 1. The van der Waals surface area contributed by atoms with E-state index in [0.717, 1.165) is 11.8 Å². The molecule has 1 N–H and O–H groups in total. The van der Waals surface area contributed by atoms with Crippen LogP contribution in [0.5, 0.6) is 0 Å². The van der Waals surface area contributed by atoms with Gasteiger partial charge in [-0.2, -0.15) is 0 Å². The van der Waals surface area contributed by atoms with Crippen LogP contribution < -0.4 is 0 Å². The predicted molar refractivity (Wildman–Crippen MR) is 62.1 cm³/mol. The number of carbonyl (C=O) groups is 1. The number of thioether (sulfide) groups is 1. The molecule has 0 saturated heterocycles. The minimum absolute atomic E-state index is 0.127. The van der Waals surface area contributed by atoms with Crippen molar-refractivity contribution in [2.45, 2.75) is 10.4 Å². The standard InChI is InChI=1S/C10H11N3O3S/c1-16-6-7(9(14)15)17-10-12-11-8-4-2-3-5-13(8)10/h2-5,7H,6H2,1H3,(H,14,15). The smallest absolute Gasteiger partial charge is 0.319 e. The third kappa shape index (κ3) is 2.56. The van der Waals surface area contributed by atoms with Gasteiger partial charge in [0, 0.05) is 13.3 Å². The number of hydrogen-bond acceptors (Lipinski definition) is 5. The summed E-state index contributed by atoms with van der Waals surface area (Å²) in [6.45, 7) is 0.127. The lowest BCUT2D eigenvalue weighted by Crippen LogP contribution is -2.22. The van der Waals surface area contributed by atoms with E-state index in [0.29, 0.717) is 10.8 Å². The van der Waals surface area contributed by atoms with Gasteiger partial charge in [0.25, 0.3) is 0 Å². The van der Waals surface area contributed by atoms with Gasteiger partial charge in [-0.3, -0.25) is 9.20 Å². The molecule has 2 aromatic rings. The van der Waals surface area contributed by atoms with Crippen molar-refractivity contribution < 1.29 is 14.6 Å². The number of fused-ring (bicyclic) bond motifs is 1. The maximum atomic E-state index is 11.0. The van der Waals surface area contributed by atoms with E-state index in [1.807, 2.05) is 18.2 Å². The van der Waals surface area contributed by atoms with Gasteiger partial charge >= 0.3 is 5.97 Å². The van der Waals surface area contributed by atoms with Crippen molar-refractivity contribution in [2.24, 2.45) is 0 Å². The number of methoxy groups -OCH3 is 1. The summed E-state index contributed by atoms with van der Waals surface area (Å²) < 4.78 is 6.61. The molecule has 0 aromatic carbocycles. The van der Waals surface area contributed by atoms with Crippen LogP contribution in [-0.4, -0.2) is 44.6 Å². The van der Waals surface area contributed by atoms with E-state index in [1.165, 1.54) is 7.11 Å². The van der Waals surface area contributed by atoms with E-state index in [4.69, 9.17) is 9.84 Å². The third-order valence-corrected chi connectivity index (χ3v) is 3.23. The molecule has 0 bridgehead atoms. The number of pyridine rings is 1. The summed E-state index contributed by atoms with van der Waals surface area (Å²) in [6.07, 6.45) is 1.80. The zero-order valence-corrected chi connectivity index (χ0v) is 9.92. The lowest BCUT2D eigenvalue weighted by Gasteiger charge is -2.08. The lowest BCUT2D eigenvalue weighted by atomic mass is 10.5. The molecule has 17 heavy (non-hydrogen) atoms. The number of carboxylic acids is 1. The summed E-state index contributed by atoms with van der Waals surface area (Å²) in [6, 6.07) is 5.50. The van der Waals surface area contributed by atoms with Crippen LogP contribution in [0.3, 0.4) is 0 Å². The Morgan fingerprint density at radius 2 is 2.41 bits per heavy atom. The second-order valence-corrected chi connectivity index (χ2v) is 4.48. The van der Waals surface area contributed by atoms with Crippen LogP contribution in [0, 0.1) is 0 Å². The summed E-state index contributed by atoms with van der Waals surface area (Å²) in [4.78, 5) is 11.0. The van der Waals surface area contributed by atoms with Crippen molar-refractivity contribution in [2.75, 3.05) is 13.7 Å². The molecule has 0 amide bonds. The molecule has 0 aliphatic heterocycles. The molecule has 0 fully saturated rings. The Balaban J connectivity index is 2.25. The monoisotopic (exact) mass is 253 g/mol. The Kier molecular flexibility index (Phi) is 3.60. The molecule has 0 aliphatic carbocycles. The minimum Gasteiger partial charge on any atom is -0.480 e. The molecule has 0 radical (unpaired) electrons. The van der Waals surface area contributed by atoms with Gasteiger partial charge in [0.1, 0.15) is 5.25 Å². The highest BCUT2D eigenvalue weighted by Gasteiger charge is 2.21. The van der Waals surface area contributed by atoms with E-state index in [9.17, 15) is 4.79 Å². The largest absolute Gasteiger partial charge is 0.480 e. The van der Waals surface area contributed by atoms with E-state index in [2.05, 4.69) is 10.2 Å². The van der Waals surface area contributed by atoms with Crippen molar-refractivity contribution in [3.05, 3.63) is 24.4 Å². The number of hydrogen-bond donors (Lipinski definition) is 1. The lowest BCUT2D eigenvalue weighted by molar-refractivity contribution is -0.137. The van der Waals surface area contributed by atoms with Crippen molar-refractivity contribution >= 4 is 23.4 Å². The molecular formula is C10H11N3O3S. The predicted octanol–water partition coefficient (Wildman–Crippen LogP) is 0.921. The zero-order chi connectivity index (χ0) is 12.3. The zero-order valence-electron chi connectivity index (χ0n) is 9.11. The molecule has 0 saturated carbocycles. The van der Waals surface area contributed by atoms with E-state index in [1.54, 1.807) is 10.6 Å². The van der Waals surface area contributed by atoms with Gasteiger partial charge < -0.3 is 9.84 Å². The Hall–Kier alpha value is -1.60. The van der Waals surface area contributed by atoms with Crippen molar-refractivity contribution in [1.29, 1.82) is 0 Å². The summed E-state index contributed by atoms with van der Waals surface area (Å²) in [5, 5.41) is 16.8. The summed E-state index contributed by atoms with van der Waals surface area (Å²) in [7, 11) is 1.47. The summed E-state index contributed by atoms with van der Waals surface area (Å²) in [5.74, 6) is -0.926. The van der Waals surface area contributed by atoms with Gasteiger partial charge in [0.05, 0.1) is 6.61 Å². The number of nitrogens with zero attached hydrogens (tertiary/aromatic N) is 3. The van der Waals surface area contributed by atoms with Crippen LogP contribution in [0.15, 0.2) is 29.6 Å². The maximum absolute atomic E-state index is 11.0. The first-order valence-electron chi connectivity index (χ1n) is 4.90. The normalized spacial score (nSPS) is 12.8. The van der Waals surface area contributed by atoms with Gasteiger partial charge in [0.2, 0.25) is 0 Å². The van der Waals surface area contributed by atoms with E-state index >= 15 is 0 Å². The van der Waals surface area contributed by atoms with Crippen LogP contribution in [-0.2, 0) is 9.53 Å². The SMILES string of the molecule is COCC(Sc1nnc2ccccn12)C(=O)O. The van der Waals surface area contributed by atoms with E-state index in [-0.39, 0.29) is 6.61 Å². The average molecular weight is 253 g/mol. The molecule has 0 spiro atoms. The highest BCUT2D eigenvalue weighted by Crippen LogP contribution is 2.22. The highest BCUT2D eigenvalue weighted by molar-refractivity contribution is 8.00. The van der Waals surface area contributed by atoms with Crippen LogP contribution >= 0.6 is 11.8 Å². The third-order valence-electron chi connectivity index (χ3n) is 2.12. The summed E-state index contributed by atoms with van der Waals surface area (Å²) >= 11 is 1.12. The van der Waals surface area contributed by atoms with Gasteiger partial charge in [0.15, 0.2) is 10.8 Å². The number of ether oxygens (including phenoxy) is 1. The fourth-order valence-corrected chi connectivity index (χ4v) is 2.25. The van der Waals surface area contributed by atoms with E-state index < -0.39 is 11.2 Å². The second-order valence-electron chi connectivity index (χ2n) is 3.31. The van der Waals surface area contributed by atoms with Crippen molar-refractivity contribution in [1.82, 2.24) is 14.6 Å². The Bertz CT molecular complexity index is 528. The highest BCUT2D eigenvalue weighted by atomic mass is 32.2. The molecular weight excluding hydrogens is 242 g/mol. The quantitative estimate of drug-likeness (QED) is 0.798. The molecule has 2 aromatic heterocycles. The molecule has 90 valence electrons. The number of aromatic nitrogens is 3. The first-order chi connectivity index (χ1) is 8.22. The summed E-state index contributed by atoms with van der Waals surface area (Å²) in [5.41, 5.74) is 0.691. The maximum Gasteiger partial charge on any atom is 0.319 e. The number of aliphatic carboxylic acids is 1. The Morgan fingerprint density at radius 1 is 1.59 bits per heavy atom. The van der Waals surface area contributed by atoms with Crippen LogP contribution in [0.1, 0.15) is 0 Å². The van der Waals surface area contributed by atoms with Crippen molar-refractivity contribution in [3.8, 4) is 0 Å². The molecule has 7 heteroatoms. The molecule has 6 nitrogen and oxygen atoms in total. The Morgan fingerprint density at radius 3 is 3.12 bits per heavy atom. The van der Waals surface area contributed by atoms with Crippen LogP contribution in [0.4, 0.5) is 0 Å². The molecule has 1 unspecified atom stereocenters. The van der Waals surface area contributed by atoms with Crippen LogP contribution in [0.2, 0.25) is 0 Å². The van der Waals surface area contributed by atoms with Crippen LogP contribution in [0.25, 0.3) is 5.65 Å². The fourth-order valence-electron chi connectivity index (χ4n) is 1.33. The van der Waals surface area contributed by atoms with Gasteiger partial charge in [-0.1, -0.05) is 17.8 Å². The minimum atomic E-state index is -0.926. The molecule has 0 aliphatic rings. The first kappa shape index (κ1) is 11.9. The van der Waals surface area contributed by atoms with Gasteiger partial charge in [-0.05, 0) is 12.1 Å². The molecule has 2 rings (SSSR count).